The maximum Gasteiger partial charge on any atom is 0.262 e. The van der Waals surface area contributed by atoms with Crippen molar-refractivity contribution in [1.29, 1.82) is 0 Å². The van der Waals surface area contributed by atoms with Crippen LogP contribution in [-0.2, 0) is 4.74 Å². The van der Waals surface area contributed by atoms with Crippen LogP contribution in [0.15, 0.2) is 24.3 Å². The van der Waals surface area contributed by atoms with E-state index in [2.05, 4.69) is 5.32 Å². The molecule has 1 heterocycles. The van der Waals surface area contributed by atoms with Crippen molar-refractivity contribution in [3.05, 3.63) is 35.6 Å². The number of morpholine rings is 1. The lowest BCUT2D eigenvalue weighted by Gasteiger charge is -2.35. The normalized spacial score (nSPS) is 18.3. The zero-order valence-electron chi connectivity index (χ0n) is 11.0. The molecule has 0 radical (unpaired) electrons. The summed E-state index contributed by atoms with van der Waals surface area (Å²) >= 11 is 18.0. The molecule has 0 aliphatic carbocycles. The van der Waals surface area contributed by atoms with Gasteiger partial charge in [-0.05, 0) is 24.3 Å². The largest absolute Gasteiger partial charge is 0.370 e. The number of benzene rings is 1. The predicted molar refractivity (Wildman–Crippen MR) is 79.5 cm³/mol. The first-order valence-electron chi connectivity index (χ1n) is 6.43. The Morgan fingerprint density at radius 2 is 1.81 bits per heavy atom. The van der Waals surface area contributed by atoms with Crippen LogP contribution in [0.5, 0.6) is 0 Å². The summed E-state index contributed by atoms with van der Waals surface area (Å²) in [5.41, 5.74) is 0.309. The van der Waals surface area contributed by atoms with Crippen LogP contribution in [-0.4, -0.2) is 42.2 Å². The van der Waals surface area contributed by atoms with E-state index >= 15 is 0 Å². The number of ether oxygens (including phenoxy) is 1. The van der Waals surface area contributed by atoms with Gasteiger partial charge in [0.05, 0.1) is 13.2 Å². The minimum absolute atomic E-state index is 0.309. The fourth-order valence-corrected chi connectivity index (χ4v) is 2.78. The second kappa shape index (κ2) is 7.11. The number of nitrogens with one attached hydrogen (secondary N) is 2. The van der Waals surface area contributed by atoms with Gasteiger partial charge in [0.15, 0.2) is 0 Å². The highest BCUT2D eigenvalue weighted by Gasteiger charge is 2.42. The van der Waals surface area contributed by atoms with Crippen LogP contribution >= 0.6 is 34.8 Å². The van der Waals surface area contributed by atoms with Crippen molar-refractivity contribution in [2.24, 2.45) is 0 Å². The summed E-state index contributed by atoms with van der Waals surface area (Å²) in [7, 11) is 0. The van der Waals surface area contributed by atoms with Crippen LogP contribution in [0.4, 0.5) is 4.39 Å². The highest BCUT2D eigenvalue weighted by molar-refractivity contribution is 6.68. The standard InChI is InChI=1S/C13H14Cl3FN2O2/c14-13(15,16)12(19-5-7-21-8-6-19)18-11(20)9-1-3-10(17)4-2-9/h1-4,12H,5-8H2,(H,18,20)/p+1/t12-/m1/s1. The lowest BCUT2D eigenvalue weighted by molar-refractivity contribution is -0.934. The minimum Gasteiger partial charge on any atom is -0.370 e. The number of carbonyl (C=O) groups excluding carboxylic acids is 1. The van der Waals surface area contributed by atoms with Crippen molar-refractivity contribution in [3.63, 3.8) is 0 Å². The van der Waals surface area contributed by atoms with Gasteiger partial charge in [0, 0.05) is 5.56 Å². The third-order valence-electron chi connectivity index (χ3n) is 3.25. The second-order valence-corrected chi connectivity index (χ2v) is 7.09. The number of rotatable bonds is 3. The van der Waals surface area contributed by atoms with E-state index in [1.54, 1.807) is 0 Å². The number of alkyl halides is 3. The van der Waals surface area contributed by atoms with E-state index in [1.165, 1.54) is 24.3 Å². The van der Waals surface area contributed by atoms with Gasteiger partial charge in [-0.25, -0.2) is 4.39 Å². The summed E-state index contributed by atoms with van der Waals surface area (Å²) in [6, 6.07) is 5.19. The molecule has 1 amide bonds. The van der Waals surface area contributed by atoms with Gasteiger partial charge >= 0.3 is 0 Å². The van der Waals surface area contributed by atoms with E-state index in [1.807, 2.05) is 0 Å². The minimum atomic E-state index is -1.65. The van der Waals surface area contributed by atoms with Crippen molar-refractivity contribution in [1.82, 2.24) is 5.32 Å². The Balaban J connectivity index is 2.10. The third kappa shape index (κ3) is 4.69. The Morgan fingerprint density at radius 1 is 1.24 bits per heavy atom. The molecule has 0 saturated carbocycles. The van der Waals surface area contributed by atoms with E-state index in [9.17, 15) is 9.18 Å². The molecule has 0 unspecified atom stereocenters. The molecule has 1 aliphatic heterocycles. The highest BCUT2D eigenvalue weighted by Crippen LogP contribution is 2.28. The van der Waals surface area contributed by atoms with E-state index in [0.29, 0.717) is 31.9 Å². The van der Waals surface area contributed by atoms with E-state index in [-0.39, 0.29) is 0 Å². The predicted octanol–water partition coefficient (Wildman–Crippen LogP) is 1.17. The van der Waals surface area contributed by atoms with E-state index < -0.39 is 21.7 Å². The number of quaternary nitrogens is 1. The van der Waals surface area contributed by atoms with Crippen molar-refractivity contribution in [2.75, 3.05) is 26.3 Å². The van der Waals surface area contributed by atoms with Crippen LogP contribution in [0.2, 0.25) is 0 Å². The fraction of sp³-hybridized carbons (Fsp3) is 0.462. The van der Waals surface area contributed by atoms with Crippen molar-refractivity contribution >= 4 is 40.7 Å². The number of hydrogen-bond donors (Lipinski definition) is 2. The molecule has 2 rings (SSSR count). The Kier molecular flexibility index (Phi) is 5.68. The SMILES string of the molecule is O=C(N[C@H]([NH+]1CCOCC1)C(Cl)(Cl)Cl)c1ccc(F)cc1. The monoisotopic (exact) mass is 355 g/mol. The van der Waals surface area contributed by atoms with Gasteiger partial charge in [-0.2, -0.15) is 0 Å². The van der Waals surface area contributed by atoms with Gasteiger partial charge in [-0.1, -0.05) is 34.8 Å². The van der Waals surface area contributed by atoms with Crippen LogP contribution < -0.4 is 10.2 Å². The lowest BCUT2D eigenvalue weighted by atomic mass is 10.2. The molecule has 2 N–H and O–H groups in total. The molecule has 1 saturated heterocycles. The third-order valence-corrected chi connectivity index (χ3v) is 3.91. The first-order chi connectivity index (χ1) is 9.88. The molecule has 8 heteroatoms. The number of carbonyl (C=O) groups is 1. The summed E-state index contributed by atoms with van der Waals surface area (Å²) in [6.07, 6.45) is -0.705. The summed E-state index contributed by atoms with van der Waals surface area (Å²) in [4.78, 5) is 13.1. The first-order valence-corrected chi connectivity index (χ1v) is 7.57. The average molecular weight is 357 g/mol. The van der Waals surface area contributed by atoms with Crippen LogP contribution in [0.25, 0.3) is 0 Å². The Labute approximate surface area is 137 Å². The van der Waals surface area contributed by atoms with Crippen molar-refractivity contribution in [3.8, 4) is 0 Å². The fourth-order valence-electron chi connectivity index (χ4n) is 2.15. The number of hydrogen-bond acceptors (Lipinski definition) is 2. The van der Waals surface area contributed by atoms with Gasteiger partial charge in [0.1, 0.15) is 18.9 Å². The average Bonchev–Trinajstić information content (AvgIpc) is 2.45. The lowest BCUT2D eigenvalue weighted by Crippen LogP contribution is -3.21. The highest BCUT2D eigenvalue weighted by atomic mass is 35.6. The molecule has 0 bridgehead atoms. The molecular weight excluding hydrogens is 342 g/mol. The van der Waals surface area contributed by atoms with Gasteiger partial charge in [-0.3, -0.25) is 10.1 Å². The smallest absolute Gasteiger partial charge is 0.262 e. The van der Waals surface area contributed by atoms with Gasteiger partial charge in [0.25, 0.3) is 9.70 Å². The van der Waals surface area contributed by atoms with E-state index in [4.69, 9.17) is 39.5 Å². The molecule has 4 nitrogen and oxygen atoms in total. The Morgan fingerprint density at radius 3 is 2.33 bits per heavy atom. The molecule has 116 valence electrons. The molecule has 21 heavy (non-hydrogen) atoms. The first kappa shape index (κ1) is 16.8. The van der Waals surface area contributed by atoms with Crippen LogP contribution in [0.3, 0.4) is 0 Å². The maximum atomic E-state index is 12.9. The maximum absolute atomic E-state index is 12.9. The molecule has 0 spiro atoms. The zero-order chi connectivity index (χ0) is 15.5. The van der Waals surface area contributed by atoms with E-state index in [0.717, 1.165) is 4.90 Å². The summed E-state index contributed by atoms with van der Waals surface area (Å²) in [6.45, 7) is 2.34. The molecule has 0 aromatic heterocycles. The molecule has 1 atom stereocenters. The number of amides is 1. The summed E-state index contributed by atoms with van der Waals surface area (Å²) < 4.78 is 16.5. The topological polar surface area (TPSA) is 42.8 Å². The molecule has 1 fully saturated rings. The van der Waals surface area contributed by atoms with Gasteiger partial charge in [0.2, 0.25) is 6.17 Å². The molecule has 1 aliphatic rings. The van der Waals surface area contributed by atoms with Crippen LogP contribution in [0, 0.1) is 5.82 Å². The Hall–Kier alpha value is -0.590. The van der Waals surface area contributed by atoms with Gasteiger partial charge in [-0.15, -0.1) is 0 Å². The molecule has 1 aromatic carbocycles. The molecular formula is C13H15Cl3FN2O2+. The van der Waals surface area contributed by atoms with Crippen molar-refractivity contribution < 1.29 is 18.8 Å². The second-order valence-electron chi connectivity index (χ2n) is 4.73. The zero-order valence-corrected chi connectivity index (χ0v) is 13.3. The number of halogens is 4. The quantitative estimate of drug-likeness (QED) is 0.799. The summed E-state index contributed by atoms with van der Waals surface area (Å²) in [5, 5.41) is 2.71. The summed E-state index contributed by atoms with van der Waals surface area (Å²) in [5.74, 6) is -0.825. The van der Waals surface area contributed by atoms with Crippen LogP contribution in [0.1, 0.15) is 10.4 Å². The Bertz CT molecular complexity index is 487. The molecule has 1 aromatic rings. The van der Waals surface area contributed by atoms with Crippen molar-refractivity contribution in [2.45, 2.75) is 9.96 Å². The van der Waals surface area contributed by atoms with Gasteiger partial charge < -0.3 is 9.64 Å².